The van der Waals surface area contributed by atoms with Crippen molar-refractivity contribution in [1.82, 2.24) is 19.5 Å². The Kier molecular flexibility index (Phi) is 7.36. The van der Waals surface area contributed by atoms with Gasteiger partial charge < -0.3 is 9.57 Å². The predicted molar refractivity (Wildman–Crippen MR) is 119 cm³/mol. The highest BCUT2D eigenvalue weighted by Crippen LogP contribution is 2.20. The van der Waals surface area contributed by atoms with E-state index in [0.717, 1.165) is 6.26 Å². The summed E-state index contributed by atoms with van der Waals surface area (Å²) >= 11 is 0. The molecule has 0 aliphatic heterocycles. The molecule has 0 bridgehead atoms. The summed E-state index contributed by atoms with van der Waals surface area (Å²) in [6, 6.07) is 10.8. The van der Waals surface area contributed by atoms with Crippen LogP contribution in [0.5, 0.6) is 5.75 Å². The summed E-state index contributed by atoms with van der Waals surface area (Å²) in [6.07, 6.45) is 1.67. The first kappa shape index (κ1) is 24.0. The highest BCUT2D eigenvalue weighted by Gasteiger charge is 2.23. The summed E-state index contributed by atoms with van der Waals surface area (Å²) in [7, 11) is -6.85. The van der Waals surface area contributed by atoms with Crippen LogP contribution in [0.15, 0.2) is 52.3 Å². The molecule has 3 aromatic rings. The lowest BCUT2D eigenvalue weighted by Gasteiger charge is -2.18. The van der Waals surface area contributed by atoms with E-state index in [4.69, 9.17) is 9.57 Å². The van der Waals surface area contributed by atoms with Crippen LogP contribution in [0.1, 0.15) is 20.3 Å². The zero-order chi connectivity index (χ0) is 23.4. The van der Waals surface area contributed by atoms with Crippen molar-refractivity contribution < 1.29 is 26.4 Å². The van der Waals surface area contributed by atoms with Crippen molar-refractivity contribution in [3.63, 3.8) is 0 Å². The lowest BCUT2D eigenvalue weighted by atomic mass is 10.3. The standard InChI is InChI=1S/C20H26N4O6S2/c1-4-23(5-2)32(27,28)18-11-12-19-20(15-18)24(22-21-19)30-14-6-13-29-16-7-9-17(10-8-16)31(3,25)26/h7-12,15H,4-6,13-14H2,1-3H3. The molecule has 0 amide bonds. The molecule has 3 rings (SSSR count). The number of hydrogen-bond donors (Lipinski definition) is 0. The topological polar surface area (TPSA) is 121 Å². The number of rotatable bonds is 11. The molecule has 1 heterocycles. The van der Waals surface area contributed by atoms with Crippen molar-refractivity contribution in [2.75, 3.05) is 32.6 Å². The number of sulfone groups is 1. The highest BCUT2D eigenvalue weighted by atomic mass is 32.2. The Balaban J connectivity index is 1.60. The lowest BCUT2D eigenvalue weighted by molar-refractivity contribution is 0.0779. The summed E-state index contributed by atoms with van der Waals surface area (Å²) in [6.45, 7) is 4.93. The normalized spacial score (nSPS) is 12.4. The number of fused-ring (bicyclic) bond motifs is 1. The number of hydrogen-bond acceptors (Lipinski definition) is 8. The minimum Gasteiger partial charge on any atom is -0.493 e. The molecule has 32 heavy (non-hydrogen) atoms. The smallest absolute Gasteiger partial charge is 0.243 e. The van der Waals surface area contributed by atoms with Crippen LogP contribution in [-0.4, -0.2) is 68.9 Å². The van der Waals surface area contributed by atoms with Gasteiger partial charge in [0.15, 0.2) is 9.84 Å². The molecule has 0 atom stereocenters. The number of ether oxygens (including phenoxy) is 1. The van der Waals surface area contributed by atoms with Crippen molar-refractivity contribution in [3.8, 4) is 5.75 Å². The van der Waals surface area contributed by atoms with E-state index in [-0.39, 0.29) is 16.4 Å². The Morgan fingerprint density at radius 1 is 0.938 bits per heavy atom. The van der Waals surface area contributed by atoms with Crippen LogP contribution in [-0.2, 0) is 19.9 Å². The Labute approximate surface area is 187 Å². The van der Waals surface area contributed by atoms with Crippen LogP contribution in [0.2, 0.25) is 0 Å². The number of aromatic nitrogens is 3. The molecule has 0 saturated heterocycles. The second-order valence-corrected chi connectivity index (χ2v) is 10.9. The van der Waals surface area contributed by atoms with Crippen molar-refractivity contribution in [2.45, 2.75) is 30.1 Å². The quantitative estimate of drug-likeness (QED) is 0.379. The average Bonchev–Trinajstić information content (AvgIpc) is 3.16. The van der Waals surface area contributed by atoms with Gasteiger partial charge in [-0.15, -0.1) is 5.10 Å². The third-order valence-electron chi connectivity index (χ3n) is 4.75. The van der Waals surface area contributed by atoms with E-state index in [1.165, 1.54) is 33.4 Å². The molecule has 0 radical (unpaired) electrons. The van der Waals surface area contributed by atoms with Crippen molar-refractivity contribution in [1.29, 1.82) is 0 Å². The third kappa shape index (κ3) is 5.37. The molecule has 0 fully saturated rings. The van der Waals surface area contributed by atoms with Crippen molar-refractivity contribution in [3.05, 3.63) is 42.5 Å². The maximum Gasteiger partial charge on any atom is 0.243 e. The zero-order valence-electron chi connectivity index (χ0n) is 18.1. The summed E-state index contributed by atoms with van der Waals surface area (Å²) < 4.78 is 55.5. The monoisotopic (exact) mass is 482 g/mol. The Hall–Kier alpha value is -2.70. The fourth-order valence-electron chi connectivity index (χ4n) is 3.03. The van der Waals surface area contributed by atoms with Crippen LogP contribution in [0.25, 0.3) is 11.0 Å². The Morgan fingerprint density at radius 3 is 2.22 bits per heavy atom. The first-order chi connectivity index (χ1) is 15.2. The van der Waals surface area contributed by atoms with Crippen LogP contribution in [0, 0.1) is 0 Å². The summed E-state index contributed by atoms with van der Waals surface area (Å²) in [5.41, 5.74) is 0.973. The first-order valence-electron chi connectivity index (χ1n) is 10.1. The maximum absolute atomic E-state index is 12.8. The van der Waals surface area contributed by atoms with Gasteiger partial charge in [-0.2, -0.15) is 4.31 Å². The largest absolute Gasteiger partial charge is 0.493 e. The van der Waals surface area contributed by atoms with Gasteiger partial charge in [0.1, 0.15) is 23.4 Å². The number of sulfonamides is 1. The second-order valence-electron chi connectivity index (χ2n) is 6.98. The molecule has 1 aromatic heterocycles. The molecule has 174 valence electrons. The van der Waals surface area contributed by atoms with Gasteiger partial charge in [0.2, 0.25) is 10.0 Å². The molecular formula is C20H26N4O6S2. The minimum absolute atomic E-state index is 0.154. The van der Waals surface area contributed by atoms with Gasteiger partial charge in [0, 0.05) is 25.8 Å². The van der Waals surface area contributed by atoms with Crippen LogP contribution in [0.4, 0.5) is 0 Å². The Morgan fingerprint density at radius 2 is 1.59 bits per heavy atom. The molecular weight excluding hydrogens is 456 g/mol. The SMILES string of the molecule is CCN(CC)S(=O)(=O)c1ccc2nnn(OCCCOc3ccc(S(C)(=O)=O)cc3)c2c1. The van der Waals surface area contributed by atoms with E-state index < -0.39 is 19.9 Å². The molecule has 0 N–H and O–H groups in total. The van der Waals surface area contributed by atoms with Gasteiger partial charge in [-0.1, -0.05) is 18.7 Å². The summed E-state index contributed by atoms with van der Waals surface area (Å²) in [5.74, 6) is 0.551. The van der Waals surface area contributed by atoms with Gasteiger partial charge >= 0.3 is 0 Å². The third-order valence-corrected chi connectivity index (χ3v) is 7.93. The van der Waals surface area contributed by atoms with E-state index in [1.807, 2.05) is 0 Å². The van der Waals surface area contributed by atoms with Gasteiger partial charge in [-0.25, -0.2) is 16.8 Å². The molecule has 0 aliphatic rings. The zero-order valence-corrected chi connectivity index (χ0v) is 19.8. The number of nitrogens with zero attached hydrogens (tertiary/aromatic N) is 4. The van der Waals surface area contributed by atoms with Gasteiger partial charge in [0.25, 0.3) is 0 Å². The fraction of sp³-hybridized carbons (Fsp3) is 0.400. The summed E-state index contributed by atoms with van der Waals surface area (Å²) in [4.78, 5) is 7.21. The first-order valence-corrected chi connectivity index (χ1v) is 13.4. The maximum atomic E-state index is 12.8. The molecule has 0 unspecified atom stereocenters. The second kappa shape index (κ2) is 9.84. The predicted octanol–water partition coefficient (Wildman–Crippen LogP) is 1.76. The van der Waals surface area contributed by atoms with E-state index in [9.17, 15) is 16.8 Å². The van der Waals surface area contributed by atoms with Gasteiger partial charge in [0.05, 0.1) is 16.4 Å². The lowest BCUT2D eigenvalue weighted by Crippen LogP contribution is -2.30. The Bertz CT molecular complexity index is 1270. The molecule has 12 heteroatoms. The van der Waals surface area contributed by atoms with Gasteiger partial charge in [-0.3, -0.25) is 0 Å². The average molecular weight is 483 g/mol. The van der Waals surface area contributed by atoms with E-state index in [2.05, 4.69) is 10.3 Å². The van der Waals surface area contributed by atoms with E-state index in [0.29, 0.717) is 42.9 Å². The molecule has 0 aliphatic carbocycles. The minimum atomic E-state index is -3.61. The van der Waals surface area contributed by atoms with Crippen molar-refractivity contribution in [2.24, 2.45) is 0 Å². The molecule has 0 spiro atoms. The summed E-state index contributed by atoms with van der Waals surface area (Å²) in [5, 5.41) is 7.93. The van der Waals surface area contributed by atoms with Crippen LogP contribution in [0.3, 0.4) is 0 Å². The van der Waals surface area contributed by atoms with E-state index >= 15 is 0 Å². The molecule has 2 aromatic carbocycles. The molecule has 0 saturated carbocycles. The van der Waals surface area contributed by atoms with Crippen LogP contribution < -0.4 is 9.57 Å². The molecule has 10 nitrogen and oxygen atoms in total. The highest BCUT2D eigenvalue weighted by molar-refractivity contribution is 7.90. The fourth-order valence-corrected chi connectivity index (χ4v) is 5.14. The number of benzene rings is 2. The van der Waals surface area contributed by atoms with E-state index in [1.54, 1.807) is 32.0 Å². The van der Waals surface area contributed by atoms with Crippen LogP contribution >= 0.6 is 0 Å². The van der Waals surface area contributed by atoms with Crippen molar-refractivity contribution >= 4 is 30.9 Å². The van der Waals surface area contributed by atoms with Gasteiger partial charge in [-0.05, 0) is 47.7 Å².